The maximum Gasteiger partial charge on any atom is 0.372 e. The molecular formula is C13H14Cl3N3O3. The Labute approximate surface area is 142 Å². The highest BCUT2D eigenvalue weighted by Crippen LogP contribution is 2.22. The standard InChI is InChI=1S/C7H8Cl2N2O3.C6H6ClN/c1-2-14-3-11-5(9)4(8)10-6(11)7(12)13;7-5-1-3-6(8)4-2-5/h2-3H2,1H3,(H,12,13);1-4H,8H2. The van der Waals surface area contributed by atoms with Gasteiger partial charge in [-0.15, -0.1) is 0 Å². The Morgan fingerprint density at radius 2 is 1.91 bits per heavy atom. The summed E-state index contributed by atoms with van der Waals surface area (Å²) in [5.41, 5.74) is 6.11. The predicted molar refractivity (Wildman–Crippen MR) is 86.7 cm³/mol. The average molecular weight is 367 g/mol. The van der Waals surface area contributed by atoms with Crippen molar-refractivity contribution in [3.63, 3.8) is 0 Å². The summed E-state index contributed by atoms with van der Waals surface area (Å²) in [4.78, 5) is 14.3. The normalized spacial score (nSPS) is 10.0. The van der Waals surface area contributed by atoms with E-state index in [4.69, 9.17) is 50.4 Å². The molecule has 0 unspecified atom stereocenters. The highest BCUT2D eigenvalue weighted by molar-refractivity contribution is 6.40. The van der Waals surface area contributed by atoms with Crippen LogP contribution in [0.4, 0.5) is 5.69 Å². The number of nitrogens with zero attached hydrogens (tertiary/aromatic N) is 2. The first kappa shape index (κ1) is 18.6. The van der Waals surface area contributed by atoms with E-state index < -0.39 is 5.97 Å². The summed E-state index contributed by atoms with van der Waals surface area (Å²) in [7, 11) is 0. The predicted octanol–water partition coefficient (Wildman–Crippen LogP) is 3.80. The summed E-state index contributed by atoms with van der Waals surface area (Å²) in [6.07, 6.45) is 0. The van der Waals surface area contributed by atoms with Crippen molar-refractivity contribution in [2.45, 2.75) is 13.7 Å². The van der Waals surface area contributed by atoms with Crippen LogP contribution in [-0.4, -0.2) is 27.2 Å². The minimum Gasteiger partial charge on any atom is -0.475 e. The van der Waals surface area contributed by atoms with Crippen molar-refractivity contribution in [2.75, 3.05) is 12.3 Å². The molecular weight excluding hydrogens is 353 g/mol. The van der Waals surface area contributed by atoms with E-state index in [2.05, 4.69) is 4.98 Å². The van der Waals surface area contributed by atoms with Crippen LogP contribution in [0.5, 0.6) is 0 Å². The highest BCUT2D eigenvalue weighted by Gasteiger charge is 2.19. The number of ether oxygens (including phenoxy) is 1. The lowest BCUT2D eigenvalue weighted by atomic mass is 10.3. The van der Waals surface area contributed by atoms with Gasteiger partial charge in [-0.2, -0.15) is 0 Å². The van der Waals surface area contributed by atoms with E-state index in [1.165, 1.54) is 4.57 Å². The zero-order chi connectivity index (χ0) is 16.7. The number of carbonyl (C=O) groups is 1. The van der Waals surface area contributed by atoms with E-state index in [1.54, 1.807) is 31.2 Å². The molecule has 1 aromatic carbocycles. The molecule has 0 saturated carbocycles. The van der Waals surface area contributed by atoms with Gasteiger partial charge in [0.2, 0.25) is 5.82 Å². The second kappa shape index (κ2) is 8.85. The number of hydrogen-bond donors (Lipinski definition) is 2. The Morgan fingerprint density at radius 3 is 2.36 bits per heavy atom. The Kier molecular flexibility index (Phi) is 7.47. The topological polar surface area (TPSA) is 90.4 Å². The number of carboxylic acids is 1. The molecule has 0 aliphatic heterocycles. The summed E-state index contributed by atoms with van der Waals surface area (Å²) in [5.74, 6) is -1.42. The van der Waals surface area contributed by atoms with Crippen molar-refractivity contribution in [3.05, 3.63) is 45.4 Å². The van der Waals surface area contributed by atoms with Gasteiger partial charge in [-0.1, -0.05) is 34.8 Å². The van der Waals surface area contributed by atoms with Crippen molar-refractivity contribution in [1.82, 2.24) is 9.55 Å². The van der Waals surface area contributed by atoms with Crippen LogP contribution in [0.3, 0.4) is 0 Å². The van der Waals surface area contributed by atoms with E-state index in [0.717, 1.165) is 10.7 Å². The Balaban J connectivity index is 0.000000255. The van der Waals surface area contributed by atoms with E-state index in [1.807, 2.05) is 0 Å². The molecule has 1 aromatic heterocycles. The van der Waals surface area contributed by atoms with Crippen molar-refractivity contribution >= 4 is 46.5 Å². The molecule has 2 rings (SSSR count). The van der Waals surface area contributed by atoms with Gasteiger partial charge in [0.05, 0.1) is 0 Å². The van der Waals surface area contributed by atoms with Gasteiger partial charge >= 0.3 is 5.97 Å². The van der Waals surface area contributed by atoms with E-state index in [0.29, 0.717) is 6.61 Å². The molecule has 3 N–H and O–H groups in total. The van der Waals surface area contributed by atoms with Crippen molar-refractivity contribution in [2.24, 2.45) is 0 Å². The smallest absolute Gasteiger partial charge is 0.372 e. The van der Waals surface area contributed by atoms with Crippen molar-refractivity contribution in [3.8, 4) is 0 Å². The summed E-state index contributed by atoms with van der Waals surface area (Å²) in [6, 6.07) is 7.05. The van der Waals surface area contributed by atoms with Gasteiger partial charge in [-0.3, -0.25) is 4.57 Å². The van der Waals surface area contributed by atoms with Gasteiger partial charge in [0, 0.05) is 17.3 Å². The minimum atomic E-state index is -1.20. The molecule has 0 amide bonds. The summed E-state index contributed by atoms with van der Waals surface area (Å²) >= 11 is 16.8. The van der Waals surface area contributed by atoms with Crippen LogP contribution < -0.4 is 5.73 Å². The number of aromatic carboxylic acids is 1. The molecule has 0 spiro atoms. The van der Waals surface area contributed by atoms with Crippen LogP contribution in [0.2, 0.25) is 15.3 Å². The minimum absolute atomic E-state index is 0.0245. The molecule has 0 saturated heterocycles. The molecule has 1 heterocycles. The van der Waals surface area contributed by atoms with Gasteiger partial charge in [-0.05, 0) is 31.2 Å². The molecule has 120 valence electrons. The molecule has 2 aromatic rings. The number of anilines is 1. The van der Waals surface area contributed by atoms with Gasteiger partial charge in [-0.25, -0.2) is 9.78 Å². The number of imidazole rings is 1. The molecule has 0 bridgehead atoms. The largest absolute Gasteiger partial charge is 0.475 e. The molecule has 6 nitrogen and oxygen atoms in total. The summed E-state index contributed by atoms with van der Waals surface area (Å²) < 4.78 is 6.21. The zero-order valence-corrected chi connectivity index (χ0v) is 13.9. The number of rotatable bonds is 4. The number of nitrogens with two attached hydrogens (primary N) is 1. The van der Waals surface area contributed by atoms with Gasteiger partial charge in [0.15, 0.2) is 5.15 Å². The first-order chi connectivity index (χ1) is 10.4. The van der Waals surface area contributed by atoms with Crippen LogP contribution in [0.25, 0.3) is 0 Å². The van der Waals surface area contributed by atoms with Gasteiger partial charge < -0.3 is 15.6 Å². The maximum absolute atomic E-state index is 10.7. The maximum atomic E-state index is 10.7. The Morgan fingerprint density at radius 1 is 1.32 bits per heavy atom. The van der Waals surface area contributed by atoms with E-state index >= 15 is 0 Å². The van der Waals surface area contributed by atoms with Gasteiger partial charge in [0.1, 0.15) is 11.9 Å². The van der Waals surface area contributed by atoms with E-state index in [-0.39, 0.29) is 22.9 Å². The van der Waals surface area contributed by atoms with Crippen LogP contribution in [0.15, 0.2) is 24.3 Å². The lowest BCUT2D eigenvalue weighted by molar-refractivity contribution is 0.0615. The lowest BCUT2D eigenvalue weighted by Crippen LogP contribution is -2.11. The quantitative estimate of drug-likeness (QED) is 0.803. The first-order valence-electron chi connectivity index (χ1n) is 6.10. The van der Waals surface area contributed by atoms with Crippen LogP contribution in [-0.2, 0) is 11.5 Å². The van der Waals surface area contributed by atoms with E-state index in [9.17, 15) is 4.79 Å². The molecule has 0 aliphatic rings. The second-order valence-corrected chi connectivity index (χ2v) is 5.08. The zero-order valence-electron chi connectivity index (χ0n) is 11.6. The monoisotopic (exact) mass is 365 g/mol. The number of nitrogen functional groups attached to an aromatic ring is 1. The molecule has 22 heavy (non-hydrogen) atoms. The summed E-state index contributed by atoms with van der Waals surface area (Å²) in [5, 5.41) is 9.50. The number of halogens is 3. The fourth-order valence-corrected chi connectivity index (χ4v) is 1.81. The number of benzene rings is 1. The third kappa shape index (κ3) is 5.38. The fraction of sp³-hybridized carbons (Fsp3) is 0.231. The third-order valence-corrected chi connectivity index (χ3v) is 3.35. The van der Waals surface area contributed by atoms with Crippen molar-refractivity contribution in [1.29, 1.82) is 0 Å². The molecule has 0 atom stereocenters. The number of carboxylic acid groups (broad SMARTS) is 1. The fourth-order valence-electron chi connectivity index (χ4n) is 1.33. The molecule has 0 aliphatic carbocycles. The lowest BCUT2D eigenvalue weighted by Gasteiger charge is -2.05. The summed E-state index contributed by atoms with van der Waals surface area (Å²) in [6.45, 7) is 2.26. The Hall–Kier alpha value is -1.47. The SMILES string of the molecule is CCOCn1c(C(=O)O)nc(Cl)c1Cl.Nc1ccc(Cl)cc1. The van der Waals surface area contributed by atoms with Crippen LogP contribution >= 0.6 is 34.8 Å². The Bertz CT molecular complexity index is 608. The van der Waals surface area contributed by atoms with Crippen molar-refractivity contribution < 1.29 is 14.6 Å². The average Bonchev–Trinajstić information content (AvgIpc) is 2.77. The molecule has 9 heteroatoms. The van der Waals surface area contributed by atoms with Gasteiger partial charge in [0.25, 0.3) is 0 Å². The second-order valence-electron chi connectivity index (χ2n) is 3.92. The number of hydrogen-bond acceptors (Lipinski definition) is 4. The molecule has 0 radical (unpaired) electrons. The highest BCUT2D eigenvalue weighted by atomic mass is 35.5. The van der Waals surface area contributed by atoms with Crippen LogP contribution in [0.1, 0.15) is 17.5 Å². The first-order valence-corrected chi connectivity index (χ1v) is 7.23. The third-order valence-electron chi connectivity index (χ3n) is 2.35. The van der Waals surface area contributed by atoms with Crippen LogP contribution in [0, 0.1) is 0 Å². The molecule has 0 fully saturated rings. The number of aromatic nitrogens is 2.